The molecular formula is C28H22N2O8Pd. The van der Waals surface area contributed by atoms with Gasteiger partial charge in [-0.2, -0.15) is 0 Å². The van der Waals surface area contributed by atoms with Gasteiger partial charge >= 0.3 is 11.9 Å². The fourth-order valence-corrected chi connectivity index (χ4v) is 3.12. The van der Waals surface area contributed by atoms with Crippen LogP contribution in [0.1, 0.15) is 20.7 Å². The quantitative estimate of drug-likeness (QED) is 0.156. The third-order valence-corrected chi connectivity index (χ3v) is 5.08. The Labute approximate surface area is 236 Å². The van der Waals surface area contributed by atoms with Crippen molar-refractivity contribution in [2.24, 2.45) is 0 Å². The van der Waals surface area contributed by atoms with Gasteiger partial charge in [0.15, 0.2) is 11.6 Å². The van der Waals surface area contributed by atoms with Gasteiger partial charge in [0.25, 0.3) is 0 Å². The number of hydrogen-bond acceptors (Lipinski definition) is 8. The average molecular weight is 621 g/mol. The minimum atomic E-state index is -1.22. The van der Waals surface area contributed by atoms with Crippen LogP contribution in [0.3, 0.4) is 0 Å². The van der Waals surface area contributed by atoms with Gasteiger partial charge in [-0.3, -0.25) is 9.59 Å². The summed E-state index contributed by atoms with van der Waals surface area (Å²) < 4.78 is 0. The number of carbonyl (C=O) groups is 4. The zero-order valence-electron chi connectivity index (χ0n) is 20.0. The zero-order chi connectivity index (χ0) is 27.7. The molecule has 0 aromatic heterocycles. The van der Waals surface area contributed by atoms with E-state index in [1.807, 2.05) is 0 Å². The van der Waals surface area contributed by atoms with Crippen molar-refractivity contribution < 1.29 is 60.0 Å². The van der Waals surface area contributed by atoms with Crippen LogP contribution in [0.2, 0.25) is 0 Å². The first-order valence-corrected chi connectivity index (χ1v) is 11.0. The standard InChI is InChI=1S/2C14H11NO4.Pd/c2*16-12-4-2-1-3-9(12)8-15-10-5-6-13(17)11(7-10)14(18)19;/h2*1-8,15,17H,(H,18,19);/b9-8+;9-8-;. The molecule has 39 heavy (non-hydrogen) atoms. The molecule has 0 saturated carbocycles. The first kappa shape index (κ1) is 30.2. The number of carboxylic acid groups (broad SMARTS) is 2. The summed E-state index contributed by atoms with van der Waals surface area (Å²) in [6.45, 7) is 0. The summed E-state index contributed by atoms with van der Waals surface area (Å²) >= 11 is 0. The molecule has 0 saturated heterocycles. The second-order valence-corrected chi connectivity index (χ2v) is 7.73. The zero-order valence-corrected chi connectivity index (χ0v) is 21.5. The van der Waals surface area contributed by atoms with Crippen LogP contribution in [0.15, 0.2) is 109 Å². The number of phenols is 2. The Morgan fingerprint density at radius 3 is 1.31 bits per heavy atom. The molecule has 2 aromatic rings. The fourth-order valence-electron chi connectivity index (χ4n) is 3.12. The van der Waals surface area contributed by atoms with Crippen molar-refractivity contribution in [3.63, 3.8) is 0 Å². The Morgan fingerprint density at radius 1 is 0.615 bits per heavy atom. The molecule has 0 bridgehead atoms. The van der Waals surface area contributed by atoms with Gasteiger partial charge in [-0.1, -0.05) is 24.3 Å². The summed E-state index contributed by atoms with van der Waals surface area (Å²) in [6, 6.07) is 8.19. The average Bonchev–Trinajstić information content (AvgIpc) is 2.89. The van der Waals surface area contributed by atoms with Crippen molar-refractivity contribution in [1.29, 1.82) is 0 Å². The van der Waals surface area contributed by atoms with Crippen LogP contribution < -0.4 is 10.6 Å². The number of aromatic hydroxyl groups is 2. The van der Waals surface area contributed by atoms with E-state index in [1.165, 1.54) is 61.0 Å². The van der Waals surface area contributed by atoms with Gasteiger partial charge in [0.05, 0.1) is 0 Å². The summed E-state index contributed by atoms with van der Waals surface area (Å²) in [4.78, 5) is 44.6. The van der Waals surface area contributed by atoms with Crippen LogP contribution in [0.4, 0.5) is 11.4 Å². The van der Waals surface area contributed by atoms with Crippen molar-refractivity contribution in [3.05, 3.63) is 120 Å². The molecule has 2 aromatic carbocycles. The maximum Gasteiger partial charge on any atom is 0.339 e. The third kappa shape index (κ3) is 8.53. The number of allylic oxidation sites excluding steroid dienone is 10. The molecule has 11 heteroatoms. The maximum atomic E-state index is 11.5. The monoisotopic (exact) mass is 620 g/mol. The predicted octanol–water partition coefficient (Wildman–Crippen LogP) is 4.16. The van der Waals surface area contributed by atoms with E-state index < -0.39 is 11.9 Å². The van der Waals surface area contributed by atoms with Crippen LogP contribution in [0, 0.1) is 0 Å². The summed E-state index contributed by atoms with van der Waals surface area (Å²) in [5.41, 5.74) is 1.47. The van der Waals surface area contributed by atoms with Gasteiger partial charge in [0.2, 0.25) is 0 Å². The molecule has 202 valence electrons. The van der Waals surface area contributed by atoms with Crippen molar-refractivity contribution >= 4 is 34.9 Å². The molecule has 0 spiro atoms. The normalized spacial score (nSPS) is 15.4. The van der Waals surface area contributed by atoms with Crippen molar-refractivity contribution in [1.82, 2.24) is 0 Å². The van der Waals surface area contributed by atoms with E-state index in [1.54, 1.807) is 36.5 Å². The molecule has 0 amide bonds. The first-order valence-electron chi connectivity index (χ1n) is 11.0. The molecule has 2 aliphatic rings. The molecule has 0 unspecified atom stereocenters. The summed E-state index contributed by atoms with van der Waals surface area (Å²) in [7, 11) is 0. The molecule has 0 heterocycles. The Morgan fingerprint density at radius 2 is 0.974 bits per heavy atom. The number of carbonyl (C=O) groups excluding carboxylic acids is 2. The molecule has 0 fully saturated rings. The SMILES string of the molecule is O=C1C=CC=C/C1=C/Nc1ccc(O)c(C(=O)O)c1.O=C1C=CC=C/C1=C\Nc1ccc(O)c(C(=O)O)c1.[Pd]. The van der Waals surface area contributed by atoms with Crippen molar-refractivity contribution in [2.45, 2.75) is 0 Å². The van der Waals surface area contributed by atoms with Gasteiger partial charge in [-0.25, -0.2) is 9.59 Å². The van der Waals surface area contributed by atoms with Gasteiger partial charge in [0, 0.05) is 55.3 Å². The Balaban J connectivity index is 0.000000267. The maximum absolute atomic E-state index is 11.5. The molecule has 2 aliphatic carbocycles. The predicted molar refractivity (Wildman–Crippen MR) is 140 cm³/mol. The van der Waals surface area contributed by atoms with E-state index in [0.717, 1.165) is 0 Å². The van der Waals surface area contributed by atoms with E-state index in [0.29, 0.717) is 22.5 Å². The molecular weight excluding hydrogens is 599 g/mol. The number of benzene rings is 2. The van der Waals surface area contributed by atoms with Crippen LogP contribution in [0.25, 0.3) is 0 Å². The van der Waals surface area contributed by atoms with Crippen LogP contribution in [-0.2, 0) is 30.0 Å². The topological polar surface area (TPSA) is 173 Å². The third-order valence-electron chi connectivity index (χ3n) is 5.08. The van der Waals surface area contributed by atoms with Gasteiger partial charge in [-0.15, -0.1) is 0 Å². The van der Waals surface area contributed by atoms with E-state index in [2.05, 4.69) is 10.6 Å². The molecule has 0 aliphatic heterocycles. The number of ketones is 2. The number of anilines is 2. The number of rotatable bonds is 6. The van der Waals surface area contributed by atoms with Crippen molar-refractivity contribution in [3.8, 4) is 11.5 Å². The number of aromatic carboxylic acids is 2. The molecule has 4 rings (SSSR count). The molecule has 6 N–H and O–H groups in total. The van der Waals surface area contributed by atoms with E-state index in [4.69, 9.17) is 10.2 Å². The molecule has 0 radical (unpaired) electrons. The number of carboxylic acids is 2. The van der Waals surface area contributed by atoms with E-state index in [9.17, 15) is 29.4 Å². The first-order chi connectivity index (χ1) is 18.2. The Bertz CT molecular complexity index is 1370. The minimum Gasteiger partial charge on any atom is -0.507 e. The Kier molecular flexibility index (Phi) is 10.9. The van der Waals surface area contributed by atoms with Crippen molar-refractivity contribution in [2.75, 3.05) is 10.6 Å². The minimum absolute atomic E-state index is 0. The second-order valence-electron chi connectivity index (χ2n) is 7.73. The van der Waals surface area contributed by atoms with Crippen LogP contribution >= 0.6 is 0 Å². The van der Waals surface area contributed by atoms with Crippen LogP contribution in [0.5, 0.6) is 11.5 Å². The smallest absolute Gasteiger partial charge is 0.339 e. The summed E-state index contributed by atoms with van der Waals surface area (Å²) in [6.07, 6.45) is 15.9. The summed E-state index contributed by atoms with van der Waals surface area (Å²) in [5, 5.41) is 42.1. The Hall–Kier alpha value is -4.98. The summed E-state index contributed by atoms with van der Waals surface area (Å²) in [5.74, 6) is -3.31. The number of hydrogen-bond donors (Lipinski definition) is 6. The van der Waals surface area contributed by atoms with Gasteiger partial charge < -0.3 is 31.1 Å². The van der Waals surface area contributed by atoms with E-state index in [-0.39, 0.29) is 54.6 Å². The van der Waals surface area contributed by atoms with E-state index >= 15 is 0 Å². The fraction of sp³-hybridized carbons (Fsp3) is 0. The largest absolute Gasteiger partial charge is 0.507 e. The molecule has 10 nitrogen and oxygen atoms in total. The number of nitrogens with one attached hydrogen (secondary N) is 2. The van der Waals surface area contributed by atoms with Gasteiger partial charge in [-0.05, 0) is 60.7 Å². The second kappa shape index (κ2) is 14.1. The van der Waals surface area contributed by atoms with Crippen LogP contribution in [-0.4, -0.2) is 43.9 Å². The molecule has 0 atom stereocenters. The van der Waals surface area contributed by atoms with Gasteiger partial charge in [0.1, 0.15) is 22.6 Å².